The number of aromatic nitrogens is 1. The topological polar surface area (TPSA) is 26.0 Å². The highest BCUT2D eigenvalue weighted by molar-refractivity contribution is 7.19. The van der Waals surface area contributed by atoms with E-state index in [4.69, 9.17) is 9.40 Å². The first-order valence-electron chi connectivity index (χ1n) is 9.20. The molecule has 2 aliphatic carbocycles. The molecule has 0 spiro atoms. The van der Waals surface area contributed by atoms with Gasteiger partial charge in [-0.05, 0) is 73.6 Å². The largest absolute Gasteiger partial charge is 0.464 e. The van der Waals surface area contributed by atoms with Gasteiger partial charge in [0.05, 0.1) is 6.26 Å². The van der Waals surface area contributed by atoms with Crippen molar-refractivity contribution in [2.24, 2.45) is 11.8 Å². The van der Waals surface area contributed by atoms with Gasteiger partial charge in [0, 0.05) is 21.5 Å². The van der Waals surface area contributed by atoms with Crippen LogP contribution in [0.1, 0.15) is 48.4 Å². The lowest BCUT2D eigenvalue weighted by molar-refractivity contribution is 0.494. The summed E-state index contributed by atoms with van der Waals surface area (Å²) >= 11 is 1.94. The molecule has 24 heavy (non-hydrogen) atoms. The summed E-state index contributed by atoms with van der Waals surface area (Å²) in [5, 5.41) is 1.41. The number of fused-ring (bicyclic) bond motifs is 4. The third-order valence-electron chi connectivity index (χ3n) is 5.82. The molecule has 3 heteroatoms. The van der Waals surface area contributed by atoms with Gasteiger partial charge in [-0.2, -0.15) is 0 Å². The van der Waals surface area contributed by atoms with Crippen molar-refractivity contribution in [3.63, 3.8) is 0 Å². The second-order valence-corrected chi connectivity index (χ2v) is 8.85. The first kappa shape index (κ1) is 14.7. The van der Waals surface area contributed by atoms with Crippen molar-refractivity contribution in [3.05, 3.63) is 40.1 Å². The molecule has 0 fully saturated rings. The summed E-state index contributed by atoms with van der Waals surface area (Å²) in [7, 11) is 0. The van der Waals surface area contributed by atoms with Gasteiger partial charge in [-0.15, -0.1) is 11.3 Å². The lowest BCUT2D eigenvalue weighted by atomic mass is 9.82. The first-order valence-corrected chi connectivity index (χ1v) is 10.0. The van der Waals surface area contributed by atoms with Crippen molar-refractivity contribution in [1.29, 1.82) is 0 Å². The number of hydrogen-bond donors (Lipinski definition) is 0. The van der Waals surface area contributed by atoms with Gasteiger partial charge in [0.2, 0.25) is 0 Å². The fraction of sp³-hybridized carbons (Fsp3) is 0.476. The van der Waals surface area contributed by atoms with Crippen molar-refractivity contribution in [1.82, 2.24) is 4.98 Å². The Hall–Kier alpha value is -1.61. The lowest BCUT2D eigenvalue weighted by Crippen LogP contribution is -2.14. The Morgan fingerprint density at radius 3 is 2.75 bits per heavy atom. The van der Waals surface area contributed by atoms with Crippen molar-refractivity contribution in [3.8, 4) is 11.3 Å². The van der Waals surface area contributed by atoms with Gasteiger partial charge in [0.1, 0.15) is 10.6 Å². The third kappa shape index (κ3) is 2.17. The first-order chi connectivity index (χ1) is 11.7. The summed E-state index contributed by atoms with van der Waals surface area (Å²) in [6, 6.07) is 4.14. The van der Waals surface area contributed by atoms with Crippen molar-refractivity contribution >= 4 is 21.6 Å². The van der Waals surface area contributed by atoms with E-state index in [0.29, 0.717) is 0 Å². The van der Waals surface area contributed by atoms with Gasteiger partial charge in [-0.1, -0.05) is 13.8 Å². The maximum absolute atomic E-state index is 5.89. The number of aryl methyl sites for hydroxylation is 2. The standard InChI is InChI=1S/C21H23NOS/c1-12-6-8-16-15(10-12)19(17-4-3-9-23-17)20-14-7-5-13(2)11-18(14)24-21(20)22-16/h3-4,9,12-13H,5-8,10-11H2,1-2H3/t12-,13+/m1/s1. The minimum absolute atomic E-state index is 0.736. The molecule has 3 heterocycles. The van der Waals surface area contributed by atoms with E-state index in [9.17, 15) is 0 Å². The fourth-order valence-corrected chi connectivity index (χ4v) is 5.92. The molecule has 0 bridgehead atoms. The van der Waals surface area contributed by atoms with E-state index in [1.54, 1.807) is 16.7 Å². The van der Waals surface area contributed by atoms with Gasteiger partial charge in [0.15, 0.2) is 0 Å². The fourth-order valence-electron chi connectivity index (χ4n) is 4.51. The molecule has 2 nitrogen and oxygen atoms in total. The number of rotatable bonds is 1. The number of hydrogen-bond acceptors (Lipinski definition) is 3. The second-order valence-electron chi connectivity index (χ2n) is 7.77. The van der Waals surface area contributed by atoms with Crippen LogP contribution in [-0.4, -0.2) is 4.98 Å². The van der Waals surface area contributed by atoms with E-state index in [2.05, 4.69) is 19.9 Å². The molecule has 3 aromatic rings. The molecular weight excluding hydrogens is 314 g/mol. The van der Waals surface area contributed by atoms with Crippen molar-refractivity contribution in [2.45, 2.75) is 52.4 Å². The van der Waals surface area contributed by atoms with Crippen LogP contribution < -0.4 is 0 Å². The zero-order valence-corrected chi connectivity index (χ0v) is 15.2. The molecule has 124 valence electrons. The summed E-state index contributed by atoms with van der Waals surface area (Å²) in [4.78, 5) is 7.94. The molecule has 0 saturated carbocycles. The van der Waals surface area contributed by atoms with E-state index >= 15 is 0 Å². The van der Waals surface area contributed by atoms with Crippen LogP contribution in [0.5, 0.6) is 0 Å². The minimum atomic E-state index is 0.736. The predicted molar refractivity (Wildman–Crippen MR) is 99.7 cm³/mol. The molecule has 0 saturated heterocycles. The third-order valence-corrected chi connectivity index (χ3v) is 6.97. The Morgan fingerprint density at radius 2 is 1.92 bits per heavy atom. The highest BCUT2D eigenvalue weighted by Gasteiger charge is 2.29. The predicted octanol–water partition coefficient (Wildman–Crippen LogP) is 5.81. The quantitative estimate of drug-likeness (QED) is 0.560. The van der Waals surface area contributed by atoms with Crippen LogP contribution in [0.2, 0.25) is 0 Å². The molecule has 2 atom stereocenters. The Kier molecular flexibility index (Phi) is 3.34. The van der Waals surface area contributed by atoms with Gasteiger partial charge in [-0.3, -0.25) is 0 Å². The molecule has 2 aliphatic rings. The van der Waals surface area contributed by atoms with Gasteiger partial charge >= 0.3 is 0 Å². The van der Waals surface area contributed by atoms with Crippen LogP contribution in [0, 0.1) is 11.8 Å². The normalized spacial score (nSPS) is 23.2. The Morgan fingerprint density at radius 1 is 1.08 bits per heavy atom. The number of thiophene rings is 1. The van der Waals surface area contributed by atoms with Gasteiger partial charge in [-0.25, -0.2) is 4.98 Å². The molecule has 0 unspecified atom stereocenters. The average molecular weight is 337 g/mol. The van der Waals surface area contributed by atoms with Crippen LogP contribution in [-0.2, 0) is 25.7 Å². The van der Waals surface area contributed by atoms with Crippen LogP contribution in [0.25, 0.3) is 21.5 Å². The molecule has 5 rings (SSSR count). The minimum Gasteiger partial charge on any atom is -0.464 e. The average Bonchev–Trinajstić information content (AvgIpc) is 3.19. The second kappa shape index (κ2) is 5.45. The smallest absolute Gasteiger partial charge is 0.134 e. The van der Waals surface area contributed by atoms with Crippen molar-refractivity contribution in [2.75, 3.05) is 0 Å². The zero-order valence-electron chi connectivity index (χ0n) is 14.4. The Bertz CT molecular complexity index is 906. The van der Waals surface area contributed by atoms with Crippen molar-refractivity contribution < 1.29 is 4.42 Å². The Labute approximate surface area is 146 Å². The number of furan rings is 1. The van der Waals surface area contributed by atoms with Crippen LogP contribution in [0.4, 0.5) is 0 Å². The molecule has 0 aromatic carbocycles. The molecule has 3 aromatic heterocycles. The van der Waals surface area contributed by atoms with E-state index in [0.717, 1.165) is 30.4 Å². The highest BCUT2D eigenvalue weighted by atomic mass is 32.1. The maximum atomic E-state index is 5.89. The highest BCUT2D eigenvalue weighted by Crippen LogP contribution is 2.45. The summed E-state index contributed by atoms with van der Waals surface area (Å²) in [6.45, 7) is 4.74. The molecule has 0 radical (unpaired) electrons. The van der Waals surface area contributed by atoms with E-state index < -0.39 is 0 Å². The molecule has 0 amide bonds. The van der Waals surface area contributed by atoms with Crippen LogP contribution in [0.3, 0.4) is 0 Å². The van der Waals surface area contributed by atoms with Crippen LogP contribution in [0.15, 0.2) is 22.8 Å². The van der Waals surface area contributed by atoms with E-state index in [-0.39, 0.29) is 0 Å². The van der Waals surface area contributed by atoms with Gasteiger partial charge < -0.3 is 4.42 Å². The monoisotopic (exact) mass is 337 g/mol. The lowest BCUT2D eigenvalue weighted by Gasteiger charge is -2.24. The van der Waals surface area contributed by atoms with E-state index in [1.165, 1.54) is 52.7 Å². The maximum Gasteiger partial charge on any atom is 0.134 e. The zero-order chi connectivity index (χ0) is 16.3. The summed E-state index contributed by atoms with van der Waals surface area (Å²) < 4.78 is 5.89. The number of nitrogens with zero attached hydrogens (tertiary/aromatic N) is 1. The SMILES string of the molecule is C[C@@H]1CCc2nc3sc4c(c3c(-c3ccco3)c2C1)CC[C@H](C)C4. The molecule has 0 N–H and O–H groups in total. The molecule has 0 aliphatic heterocycles. The Balaban J connectivity index is 1.85. The number of pyridine rings is 1. The summed E-state index contributed by atoms with van der Waals surface area (Å²) in [5.41, 5.74) is 5.70. The van der Waals surface area contributed by atoms with Gasteiger partial charge in [0.25, 0.3) is 0 Å². The summed E-state index contributed by atoms with van der Waals surface area (Å²) in [6.07, 6.45) is 9.01. The molecular formula is C21H23NOS. The summed E-state index contributed by atoms with van der Waals surface area (Å²) in [5.74, 6) is 2.57. The van der Waals surface area contributed by atoms with E-state index in [1.807, 2.05) is 17.4 Å². The van der Waals surface area contributed by atoms with Crippen LogP contribution >= 0.6 is 11.3 Å².